The predicted octanol–water partition coefficient (Wildman–Crippen LogP) is 1.69. The zero-order valence-electron chi connectivity index (χ0n) is 8.17. The van der Waals surface area contributed by atoms with E-state index in [1.54, 1.807) is 0 Å². The van der Waals surface area contributed by atoms with Crippen LogP contribution in [-0.2, 0) is 9.47 Å². The molecule has 2 saturated heterocycles. The highest BCUT2D eigenvalue weighted by Gasteiger charge is 2.46. The van der Waals surface area contributed by atoms with Gasteiger partial charge in [0.2, 0.25) is 0 Å². The molecule has 2 fully saturated rings. The lowest BCUT2D eigenvalue weighted by Gasteiger charge is -2.29. The van der Waals surface area contributed by atoms with Crippen molar-refractivity contribution in [1.29, 1.82) is 0 Å². The van der Waals surface area contributed by atoms with Crippen molar-refractivity contribution in [3.05, 3.63) is 0 Å². The van der Waals surface area contributed by atoms with Gasteiger partial charge in [0.05, 0.1) is 25.9 Å². The standard InChI is InChI=1S/C10H18O2/c1-10(2,3)9-8-6-11-4-7(8)5-12-9/h7-9H,4-6H2,1-3H3. The third-order valence-electron chi connectivity index (χ3n) is 2.98. The van der Waals surface area contributed by atoms with Crippen molar-refractivity contribution in [1.82, 2.24) is 0 Å². The monoisotopic (exact) mass is 170 g/mol. The lowest BCUT2D eigenvalue weighted by Crippen LogP contribution is -2.33. The Kier molecular flexibility index (Phi) is 1.92. The molecular formula is C10H18O2. The molecule has 0 bridgehead atoms. The first-order valence-electron chi connectivity index (χ1n) is 4.78. The lowest BCUT2D eigenvalue weighted by molar-refractivity contribution is -0.0124. The van der Waals surface area contributed by atoms with E-state index in [-0.39, 0.29) is 5.41 Å². The maximum absolute atomic E-state index is 5.80. The second kappa shape index (κ2) is 2.71. The van der Waals surface area contributed by atoms with E-state index in [1.807, 2.05) is 0 Å². The Bertz CT molecular complexity index is 171. The zero-order valence-corrected chi connectivity index (χ0v) is 8.17. The SMILES string of the molecule is CC(C)(C)C1OCC2COCC21. The van der Waals surface area contributed by atoms with Gasteiger partial charge in [0.15, 0.2) is 0 Å². The van der Waals surface area contributed by atoms with Crippen LogP contribution in [-0.4, -0.2) is 25.9 Å². The van der Waals surface area contributed by atoms with Gasteiger partial charge in [-0.25, -0.2) is 0 Å². The van der Waals surface area contributed by atoms with E-state index < -0.39 is 0 Å². The first kappa shape index (κ1) is 8.52. The molecule has 70 valence electrons. The van der Waals surface area contributed by atoms with Gasteiger partial charge in [-0.15, -0.1) is 0 Å². The first-order valence-corrected chi connectivity index (χ1v) is 4.78. The van der Waals surface area contributed by atoms with Crippen LogP contribution in [0.15, 0.2) is 0 Å². The quantitative estimate of drug-likeness (QED) is 0.551. The van der Waals surface area contributed by atoms with E-state index in [2.05, 4.69) is 20.8 Å². The molecule has 2 heterocycles. The third-order valence-corrected chi connectivity index (χ3v) is 2.98. The van der Waals surface area contributed by atoms with Gasteiger partial charge in [0.25, 0.3) is 0 Å². The topological polar surface area (TPSA) is 18.5 Å². The minimum Gasteiger partial charge on any atom is -0.381 e. The smallest absolute Gasteiger partial charge is 0.0678 e. The maximum Gasteiger partial charge on any atom is 0.0678 e. The number of rotatable bonds is 0. The number of hydrogen-bond donors (Lipinski definition) is 0. The molecule has 0 aliphatic carbocycles. The summed E-state index contributed by atoms with van der Waals surface area (Å²) in [6.07, 6.45) is 0.407. The zero-order chi connectivity index (χ0) is 8.77. The molecule has 2 nitrogen and oxygen atoms in total. The van der Waals surface area contributed by atoms with Crippen LogP contribution in [0, 0.1) is 17.3 Å². The first-order chi connectivity index (χ1) is 5.59. The Labute approximate surface area is 74.2 Å². The molecule has 2 aliphatic rings. The van der Waals surface area contributed by atoms with Crippen LogP contribution in [0.25, 0.3) is 0 Å². The average molecular weight is 170 g/mol. The van der Waals surface area contributed by atoms with Gasteiger partial charge in [-0.05, 0) is 5.41 Å². The molecule has 0 aromatic rings. The van der Waals surface area contributed by atoms with Crippen molar-refractivity contribution in [3.8, 4) is 0 Å². The summed E-state index contributed by atoms with van der Waals surface area (Å²) in [5.41, 5.74) is 0.271. The molecule has 2 heteroatoms. The Morgan fingerprint density at radius 1 is 1.08 bits per heavy atom. The second-order valence-corrected chi connectivity index (χ2v) is 5.08. The number of hydrogen-bond acceptors (Lipinski definition) is 2. The minimum absolute atomic E-state index is 0.271. The fourth-order valence-electron chi connectivity index (χ4n) is 2.36. The van der Waals surface area contributed by atoms with Crippen LogP contribution in [0.3, 0.4) is 0 Å². The molecule has 3 unspecified atom stereocenters. The van der Waals surface area contributed by atoms with Gasteiger partial charge >= 0.3 is 0 Å². The van der Waals surface area contributed by atoms with Crippen molar-refractivity contribution >= 4 is 0 Å². The van der Waals surface area contributed by atoms with Crippen molar-refractivity contribution in [2.24, 2.45) is 17.3 Å². The predicted molar refractivity (Wildman–Crippen MR) is 47.0 cm³/mol. The summed E-state index contributed by atoms with van der Waals surface area (Å²) >= 11 is 0. The third kappa shape index (κ3) is 1.27. The molecule has 2 rings (SSSR count). The Morgan fingerprint density at radius 2 is 1.83 bits per heavy atom. The summed E-state index contributed by atoms with van der Waals surface area (Å²) < 4.78 is 11.3. The summed E-state index contributed by atoms with van der Waals surface area (Å²) in [5, 5.41) is 0. The van der Waals surface area contributed by atoms with Gasteiger partial charge in [0, 0.05) is 11.8 Å². The van der Waals surface area contributed by atoms with E-state index in [0.717, 1.165) is 19.8 Å². The van der Waals surface area contributed by atoms with E-state index in [0.29, 0.717) is 17.9 Å². The summed E-state index contributed by atoms with van der Waals surface area (Å²) in [6.45, 7) is 9.48. The van der Waals surface area contributed by atoms with Gasteiger partial charge in [0.1, 0.15) is 0 Å². The Hall–Kier alpha value is -0.0800. The Morgan fingerprint density at radius 3 is 2.50 bits per heavy atom. The minimum atomic E-state index is 0.271. The fraction of sp³-hybridized carbons (Fsp3) is 1.00. The molecule has 0 saturated carbocycles. The number of fused-ring (bicyclic) bond motifs is 1. The van der Waals surface area contributed by atoms with E-state index in [4.69, 9.17) is 9.47 Å². The summed E-state index contributed by atoms with van der Waals surface area (Å²) in [6, 6.07) is 0. The van der Waals surface area contributed by atoms with Gasteiger partial charge in [-0.3, -0.25) is 0 Å². The van der Waals surface area contributed by atoms with Gasteiger partial charge in [-0.2, -0.15) is 0 Å². The summed E-state index contributed by atoms with van der Waals surface area (Å²) in [5.74, 6) is 1.33. The van der Waals surface area contributed by atoms with Gasteiger partial charge in [-0.1, -0.05) is 20.8 Å². The van der Waals surface area contributed by atoms with Crippen molar-refractivity contribution < 1.29 is 9.47 Å². The second-order valence-electron chi connectivity index (χ2n) is 5.08. The maximum atomic E-state index is 5.80. The molecule has 0 radical (unpaired) electrons. The molecule has 0 N–H and O–H groups in total. The molecule has 12 heavy (non-hydrogen) atoms. The largest absolute Gasteiger partial charge is 0.381 e. The highest BCUT2D eigenvalue weighted by molar-refractivity contribution is 4.92. The van der Waals surface area contributed by atoms with Crippen LogP contribution in [0.1, 0.15) is 20.8 Å². The average Bonchev–Trinajstić information content (AvgIpc) is 2.37. The molecular weight excluding hydrogens is 152 g/mol. The van der Waals surface area contributed by atoms with Crippen LogP contribution >= 0.6 is 0 Å². The summed E-state index contributed by atoms with van der Waals surface area (Å²) in [4.78, 5) is 0. The molecule has 0 aromatic carbocycles. The van der Waals surface area contributed by atoms with Crippen LogP contribution in [0.4, 0.5) is 0 Å². The number of ether oxygens (including phenoxy) is 2. The molecule has 0 aromatic heterocycles. The van der Waals surface area contributed by atoms with Crippen LogP contribution < -0.4 is 0 Å². The highest BCUT2D eigenvalue weighted by Crippen LogP contribution is 2.40. The van der Waals surface area contributed by atoms with Crippen LogP contribution in [0.5, 0.6) is 0 Å². The fourth-order valence-corrected chi connectivity index (χ4v) is 2.36. The normalized spacial score (nSPS) is 41.8. The Balaban J connectivity index is 2.09. The van der Waals surface area contributed by atoms with E-state index >= 15 is 0 Å². The highest BCUT2D eigenvalue weighted by atomic mass is 16.5. The lowest BCUT2D eigenvalue weighted by atomic mass is 9.79. The molecule has 3 atom stereocenters. The van der Waals surface area contributed by atoms with Crippen molar-refractivity contribution in [2.75, 3.05) is 19.8 Å². The summed E-state index contributed by atoms with van der Waals surface area (Å²) in [7, 11) is 0. The molecule has 2 aliphatic heterocycles. The van der Waals surface area contributed by atoms with E-state index in [1.165, 1.54) is 0 Å². The van der Waals surface area contributed by atoms with Crippen molar-refractivity contribution in [3.63, 3.8) is 0 Å². The molecule has 0 spiro atoms. The molecule has 0 amide bonds. The van der Waals surface area contributed by atoms with Gasteiger partial charge < -0.3 is 9.47 Å². The van der Waals surface area contributed by atoms with Crippen molar-refractivity contribution in [2.45, 2.75) is 26.9 Å². The van der Waals surface area contributed by atoms with E-state index in [9.17, 15) is 0 Å². The van der Waals surface area contributed by atoms with Crippen LogP contribution in [0.2, 0.25) is 0 Å².